The van der Waals surface area contributed by atoms with Crippen molar-refractivity contribution < 1.29 is 13.2 Å². The van der Waals surface area contributed by atoms with Crippen molar-refractivity contribution >= 4 is 17.3 Å². The number of hydrogen-bond acceptors (Lipinski definition) is 3. The van der Waals surface area contributed by atoms with Gasteiger partial charge in [-0.25, -0.2) is 0 Å². The largest absolute Gasteiger partial charge is 0.416 e. The molecule has 2 aromatic heterocycles. The number of nitrogens with one attached hydrogen (secondary N) is 1. The van der Waals surface area contributed by atoms with Crippen LogP contribution in [-0.4, -0.2) is 51.6 Å². The van der Waals surface area contributed by atoms with Crippen molar-refractivity contribution in [2.24, 2.45) is 0 Å². The molecule has 0 bridgehead atoms. The van der Waals surface area contributed by atoms with Gasteiger partial charge in [0.15, 0.2) is 5.11 Å². The molecular weight excluding hydrogens is 447 g/mol. The van der Waals surface area contributed by atoms with Crippen LogP contribution in [0.15, 0.2) is 67.0 Å². The highest BCUT2D eigenvalue weighted by Gasteiger charge is 2.41. The molecule has 1 fully saturated rings. The van der Waals surface area contributed by atoms with E-state index in [1.165, 1.54) is 12.1 Å². The Balaban J connectivity index is 1.75. The summed E-state index contributed by atoms with van der Waals surface area (Å²) in [6, 6.07) is 14.4. The van der Waals surface area contributed by atoms with Crippen LogP contribution in [0.3, 0.4) is 0 Å². The fraction of sp³-hybridized carbons (Fsp3) is 0.333. The number of benzene rings is 1. The lowest BCUT2D eigenvalue weighted by Crippen LogP contribution is -2.33. The van der Waals surface area contributed by atoms with E-state index in [-0.39, 0.29) is 12.1 Å². The van der Waals surface area contributed by atoms with E-state index >= 15 is 0 Å². The summed E-state index contributed by atoms with van der Waals surface area (Å²) in [4.78, 5) is 8.77. The van der Waals surface area contributed by atoms with Crippen molar-refractivity contribution in [2.75, 3.05) is 27.2 Å². The SMILES string of the molecule is CN(C)CCCN1C(=S)N[C@@H](c2ccccn2)[C@@H]1c1cccn1-c1cccc(C(F)(F)F)c1. The number of halogens is 3. The lowest BCUT2D eigenvalue weighted by molar-refractivity contribution is -0.137. The molecule has 2 atom stereocenters. The van der Waals surface area contributed by atoms with Gasteiger partial charge in [0.25, 0.3) is 0 Å². The van der Waals surface area contributed by atoms with Gasteiger partial charge in [-0.15, -0.1) is 0 Å². The lowest BCUT2D eigenvalue weighted by Gasteiger charge is -2.29. The fourth-order valence-electron chi connectivity index (χ4n) is 4.23. The van der Waals surface area contributed by atoms with Crippen LogP contribution < -0.4 is 5.32 Å². The molecule has 0 unspecified atom stereocenters. The highest BCUT2D eigenvalue weighted by molar-refractivity contribution is 7.80. The molecule has 1 aliphatic heterocycles. The molecule has 0 saturated carbocycles. The van der Waals surface area contributed by atoms with Crippen LogP contribution in [0.25, 0.3) is 5.69 Å². The second kappa shape index (κ2) is 9.52. The first-order valence-corrected chi connectivity index (χ1v) is 11.1. The number of alkyl halides is 3. The standard InChI is InChI=1S/C24H26F3N5S/c1-30(2)13-7-15-32-22(21(29-23(32)33)19-10-3-4-12-28-19)20-11-6-14-31(20)18-9-5-8-17(16-18)24(25,26)27/h3-6,8-12,14,16,21-22H,7,13,15H2,1-2H3,(H,29,33)/t21-,22-/m0/s1. The van der Waals surface area contributed by atoms with Crippen molar-refractivity contribution in [2.45, 2.75) is 24.7 Å². The van der Waals surface area contributed by atoms with Crippen LogP contribution in [0.4, 0.5) is 13.2 Å². The Morgan fingerprint density at radius 1 is 1.09 bits per heavy atom. The summed E-state index contributed by atoms with van der Waals surface area (Å²) in [5, 5.41) is 4.02. The van der Waals surface area contributed by atoms with Crippen molar-refractivity contribution in [3.63, 3.8) is 0 Å². The summed E-state index contributed by atoms with van der Waals surface area (Å²) in [5.41, 5.74) is 1.46. The molecule has 0 amide bonds. The Morgan fingerprint density at radius 3 is 2.61 bits per heavy atom. The van der Waals surface area contributed by atoms with Gasteiger partial charge in [0.2, 0.25) is 0 Å². The fourth-order valence-corrected chi connectivity index (χ4v) is 4.56. The summed E-state index contributed by atoms with van der Waals surface area (Å²) in [6.45, 7) is 1.61. The zero-order valence-electron chi connectivity index (χ0n) is 18.5. The minimum Gasteiger partial charge on any atom is -0.352 e. The molecule has 1 saturated heterocycles. The number of nitrogens with zero attached hydrogens (tertiary/aromatic N) is 4. The Labute approximate surface area is 196 Å². The van der Waals surface area contributed by atoms with Gasteiger partial charge in [0.05, 0.1) is 23.3 Å². The maximum atomic E-state index is 13.4. The van der Waals surface area contributed by atoms with Crippen molar-refractivity contribution in [3.8, 4) is 5.69 Å². The topological polar surface area (TPSA) is 36.3 Å². The maximum absolute atomic E-state index is 13.4. The van der Waals surface area contributed by atoms with Gasteiger partial charge in [-0.2, -0.15) is 13.2 Å². The highest BCUT2D eigenvalue weighted by atomic mass is 32.1. The third-order valence-electron chi connectivity index (χ3n) is 5.74. The van der Waals surface area contributed by atoms with Gasteiger partial charge >= 0.3 is 6.18 Å². The van der Waals surface area contributed by atoms with E-state index in [4.69, 9.17) is 12.2 Å². The first-order valence-electron chi connectivity index (χ1n) is 10.7. The number of pyridine rings is 1. The first kappa shape index (κ1) is 23.3. The number of aromatic nitrogens is 2. The van der Waals surface area contributed by atoms with E-state index in [2.05, 4.69) is 20.1 Å². The summed E-state index contributed by atoms with van der Waals surface area (Å²) < 4.78 is 41.9. The van der Waals surface area contributed by atoms with Crippen LogP contribution in [0, 0.1) is 0 Å². The summed E-state index contributed by atoms with van der Waals surface area (Å²) in [7, 11) is 4.04. The minimum absolute atomic E-state index is 0.223. The molecule has 1 aromatic carbocycles. The Kier molecular flexibility index (Phi) is 6.71. The minimum atomic E-state index is -4.41. The number of hydrogen-bond donors (Lipinski definition) is 1. The van der Waals surface area contributed by atoms with Crippen molar-refractivity contribution in [3.05, 3.63) is 83.9 Å². The predicted octanol–water partition coefficient (Wildman–Crippen LogP) is 4.82. The second-order valence-electron chi connectivity index (χ2n) is 8.33. The van der Waals surface area contributed by atoms with E-state index in [0.717, 1.165) is 30.4 Å². The Hall–Kier alpha value is -2.91. The van der Waals surface area contributed by atoms with E-state index < -0.39 is 11.7 Å². The van der Waals surface area contributed by atoms with Gasteiger partial charge in [-0.05, 0) is 81.7 Å². The number of thiocarbonyl (C=S) groups is 1. The molecule has 1 N–H and O–H groups in total. The average molecular weight is 474 g/mol. The van der Waals surface area contributed by atoms with Gasteiger partial charge in [0.1, 0.15) is 0 Å². The Morgan fingerprint density at radius 2 is 1.91 bits per heavy atom. The average Bonchev–Trinajstić information content (AvgIpc) is 3.38. The van der Waals surface area contributed by atoms with E-state index in [1.54, 1.807) is 18.5 Å². The molecule has 174 valence electrons. The lowest BCUT2D eigenvalue weighted by atomic mass is 10.0. The molecule has 0 radical (unpaired) electrons. The number of rotatable bonds is 7. The zero-order chi connectivity index (χ0) is 23.6. The van der Waals surface area contributed by atoms with Crippen molar-refractivity contribution in [1.29, 1.82) is 0 Å². The molecule has 1 aliphatic rings. The van der Waals surface area contributed by atoms with Gasteiger partial charge in [-0.3, -0.25) is 4.98 Å². The van der Waals surface area contributed by atoms with Gasteiger partial charge < -0.3 is 19.7 Å². The zero-order valence-corrected chi connectivity index (χ0v) is 19.3. The van der Waals surface area contributed by atoms with Gasteiger partial charge in [0, 0.05) is 30.3 Å². The molecule has 33 heavy (non-hydrogen) atoms. The Bertz CT molecular complexity index is 1100. The van der Waals surface area contributed by atoms with Crippen LogP contribution in [0.1, 0.15) is 35.5 Å². The predicted molar refractivity (Wildman–Crippen MR) is 126 cm³/mol. The third kappa shape index (κ3) is 5.04. The molecule has 3 aromatic rings. The van der Waals surface area contributed by atoms with E-state index in [9.17, 15) is 13.2 Å². The van der Waals surface area contributed by atoms with Crippen LogP contribution in [0.2, 0.25) is 0 Å². The third-order valence-corrected chi connectivity index (χ3v) is 6.09. The van der Waals surface area contributed by atoms with Crippen molar-refractivity contribution in [1.82, 2.24) is 24.7 Å². The van der Waals surface area contributed by atoms with Crippen LogP contribution in [0.5, 0.6) is 0 Å². The normalized spacial score (nSPS) is 18.7. The molecule has 9 heteroatoms. The van der Waals surface area contributed by atoms with Crippen LogP contribution >= 0.6 is 12.2 Å². The monoisotopic (exact) mass is 473 g/mol. The molecule has 3 heterocycles. The van der Waals surface area contributed by atoms with Gasteiger partial charge in [-0.1, -0.05) is 12.1 Å². The molecule has 5 nitrogen and oxygen atoms in total. The molecule has 0 aliphatic carbocycles. The summed E-state index contributed by atoms with van der Waals surface area (Å²) >= 11 is 5.69. The highest BCUT2D eigenvalue weighted by Crippen LogP contribution is 2.40. The maximum Gasteiger partial charge on any atom is 0.416 e. The molecule has 0 spiro atoms. The molecule has 4 rings (SSSR count). The summed E-state index contributed by atoms with van der Waals surface area (Å²) in [5.74, 6) is 0. The quantitative estimate of drug-likeness (QED) is 0.498. The van der Waals surface area contributed by atoms with E-state index in [0.29, 0.717) is 17.3 Å². The second-order valence-corrected chi connectivity index (χ2v) is 8.71. The summed E-state index contributed by atoms with van der Waals surface area (Å²) in [6.07, 6.45) is 0.0103. The van der Waals surface area contributed by atoms with E-state index in [1.807, 2.05) is 49.0 Å². The molecular formula is C24H26F3N5S. The van der Waals surface area contributed by atoms with Crippen LogP contribution in [-0.2, 0) is 6.18 Å². The smallest absolute Gasteiger partial charge is 0.352 e. The first-order chi connectivity index (χ1) is 15.8.